The van der Waals surface area contributed by atoms with Crippen molar-refractivity contribution in [1.82, 2.24) is 0 Å². The highest BCUT2D eigenvalue weighted by atomic mass is 16.3. The van der Waals surface area contributed by atoms with Crippen molar-refractivity contribution in [3.8, 4) is 0 Å². The summed E-state index contributed by atoms with van der Waals surface area (Å²) in [5.74, 6) is 2.36. The molecule has 0 aromatic heterocycles. The minimum atomic E-state index is -0.804. The molecule has 1 N–H and O–H groups in total. The summed E-state index contributed by atoms with van der Waals surface area (Å²) in [6.07, 6.45) is 14.9. The summed E-state index contributed by atoms with van der Waals surface area (Å²) in [4.78, 5) is 11.9. The SMILES string of the molecule is CCCCC(O)C(=O)C=C(C)CCCC(C)CCCC(C)CCCC(C)C. The molecular formula is C25H48O2. The van der Waals surface area contributed by atoms with Gasteiger partial charge in [0, 0.05) is 0 Å². The zero-order valence-electron chi connectivity index (χ0n) is 19.2. The van der Waals surface area contributed by atoms with E-state index in [-0.39, 0.29) is 5.78 Å². The molecule has 0 aromatic carbocycles. The maximum atomic E-state index is 11.9. The van der Waals surface area contributed by atoms with Gasteiger partial charge in [0.2, 0.25) is 0 Å². The average Bonchev–Trinajstić information content (AvgIpc) is 2.59. The Kier molecular flexibility index (Phi) is 16.0. The summed E-state index contributed by atoms with van der Waals surface area (Å²) < 4.78 is 0. The third kappa shape index (κ3) is 16.1. The van der Waals surface area contributed by atoms with E-state index in [9.17, 15) is 9.90 Å². The summed E-state index contributed by atoms with van der Waals surface area (Å²) in [7, 11) is 0. The molecule has 0 aliphatic rings. The van der Waals surface area contributed by atoms with Crippen LogP contribution in [-0.2, 0) is 4.79 Å². The smallest absolute Gasteiger partial charge is 0.184 e. The van der Waals surface area contributed by atoms with Crippen LogP contribution in [-0.4, -0.2) is 17.0 Å². The Morgan fingerprint density at radius 2 is 1.33 bits per heavy atom. The van der Waals surface area contributed by atoms with Crippen LogP contribution in [0.4, 0.5) is 0 Å². The minimum absolute atomic E-state index is 0.111. The van der Waals surface area contributed by atoms with Gasteiger partial charge in [0.25, 0.3) is 0 Å². The molecule has 0 radical (unpaired) electrons. The molecule has 27 heavy (non-hydrogen) atoms. The molecule has 2 nitrogen and oxygen atoms in total. The molecule has 0 amide bonds. The number of unbranched alkanes of at least 4 members (excludes halogenated alkanes) is 1. The van der Waals surface area contributed by atoms with E-state index in [1.807, 2.05) is 6.92 Å². The predicted octanol–water partition coefficient (Wildman–Crippen LogP) is 7.49. The van der Waals surface area contributed by atoms with Gasteiger partial charge in [-0.2, -0.15) is 0 Å². The van der Waals surface area contributed by atoms with Crippen LogP contribution in [0.2, 0.25) is 0 Å². The number of aliphatic hydroxyl groups is 1. The van der Waals surface area contributed by atoms with Crippen LogP contribution in [0.15, 0.2) is 11.6 Å². The van der Waals surface area contributed by atoms with Gasteiger partial charge in [-0.05, 0) is 50.0 Å². The van der Waals surface area contributed by atoms with E-state index in [0.717, 1.165) is 49.0 Å². The monoisotopic (exact) mass is 380 g/mol. The van der Waals surface area contributed by atoms with Crippen molar-refractivity contribution in [2.24, 2.45) is 17.8 Å². The van der Waals surface area contributed by atoms with Gasteiger partial charge in [-0.15, -0.1) is 0 Å². The predicted molar refractivity (Wildman–Crippen MR) is 119 cm³/mol. The highest BCUT2D eigenvalue weighted by Crippen LogP contribution is 2.22. The first-order valence-electron chi connectivity index (χ1n) is 11.6. The molecule has 2 heteroatoms. The van der Waals surface area contributed by atoms with E-state index in [0.29, 0.717) is 6.42 Å². The highest BCUT2D eigenvalue weighted by molar-refractivity contribution is 5.93. The largest absolute Gasteiger partial charge is 0.385 e. The van der Waals surface area contributed by atoms with Gasteiger partial charge in [-0.3, -0.25) is 4.79 Å². The van der Waals surface area contributed by atoms with Crippen molar-refractivity contribution in [3.63, 3.8) is 0 Å². The van der Waals surface area contributed by atoms with Crippen LogP contribution in [0.1, 0.15) is 119 Å². The molecular weight excluding hydrogens is 332 g/mol. The molecule has 3 unspecified atom stereocenters. The van der Waals surface area contributed by atoms with Crippen LogP contribution in [0.25, 0.3) is 0 Å². The van der Waals surface area contributed by atoms with Gasteiger partial charge < -0.3 is 5.11 Å². The quantitative estimate of drug-likeness (QED) is 0.265. The molecule has 0 saturated carbocycles. The number of carbonyl (C=O) groups is 1. The molecule has 0 aliphatic carbocycles. The number of hydrogen-bond acceptors (Lipinski definition) is 2. The number of rotatable bonds is 17. The second-order valence-corrected chi connectivity index (χ2v) is 9.41. The van der Waals surface area contributed by atoms with E-state index >= 15 is 0 Å². The molecule has 3 atom stereocenters. The van der Waals surface area contributed by atoms with Gasteiger partial charge >= 0.3 is 0 Å². The van der Waals surface area contributed by atoms with Crippen molar-refractivity contribution in [2.45, 2.75) is 125 Å². The molecule has 0 heterocycles. The average molecular weight is 381 g/mol. The van der Waals surface area contributed by atoms with Crippen LogP contribution in [0.3, 0.4) is 0 Å². The minimum Gasteiger partial charge on any atom is -0.385 e. The van der Waals surface area contributed by atoms with Gasteiger partial charge in [0.15, 0.2) is 5.78 Å². The van der Waals surface area contributed by atoms with E-state index in [1.54, 1.807) is 6.08 Å². The normalized spacial score (nSPS) is 15.8. The van der Waals surface area contributed by atoms with Crippen molar-refractivity contribution in [1.29, 1.82) is 0 Å². The summed E-state index contributed by atoms with van der Waals surface area (Å²) in [5.41, 5.74) is 1.11. The highest BCUT2D eigenvalue weighted by Gasteiger charge is 2.12. The molecule has 0 spiro atoms. The second-order valence-electron chi connectivity index (χ2n) is 9.41. The van der Waals surface area contributed by atoms with E-state index < -0.39 is 6.10 Å². The maximum absolute atomic E-state index is 11.9. The van der Waals surface area contributed by atoms with Gasteiger partial charge in [-0.1, -0.05) is 98.0 Å². The fourth-order valence-electron chi connectivity index (χ4n) is 3.66. The topological polar surface area (TPSA) is 37.3 Å². The third-order valence-electron chi connectivity index (χ3n) is 5.69. The van der Waals surface area contributed by atoms with Crippen LogP contribution in [0.5, 0.6) is 0 Å². The van der Waals surface area contributed by atoms with Crippen molar-refractivity contribution in [2.75, 3.05) is 0 Å². The summed E-state index contributed by atoms with van der Waals surface area (Å²) in [6, 6.07) is 0. The molecule has 0 aromatic rings. The van der Waals surface area contributed by atoms with Crippen LogP contribution >= 0.6 is 0 Å². The fraction of sp³-hybridized carbons (Fsp3) is 0.880. The Morgan fingerprint density at radius 1 is 0.815 bits per heavy atom. The van der Waals surface area contributed by atoms with E-state index in [4.69, 9.17) is 0 Å². The lowest BCUT2D eigenvalue weighted by Crippen LogP contribution is -2.18. The Labute approximate surface area is 170 Å². The maximum Gasteiger partial charge on any atom is 0.184 e. The molecule has 0 rings (SSSR count). The molecule has 0 fully saturated rings. The lowest BCUT2D eigenvalue weighted by molar-refractivity contribution is -0.122. The Balaban J connectivity index is 3.84. The van der Waals surface area contributed by atoms with Crippen LogP contribution < -0.4 is 0 Å². The molecule has 0 bridgehead atoms. The second kappa shape index (κ2) is 16.3. The Hall–Kier alpha value is -0.630. The number of hydrogen-bond donors (Lipinski definition) is 1. The Bertz CT molecular complexity index is 397. The summed E-state index contributed by atoms with van der Waals surface area (Å²) >= 11 is 0. The number of carbonyl (C=O) groups excluding carboxylic acids is 1. The van der Waals surface area contributed by atoms with Crippen molar-refractivity contribution in [3.05, 3.63) is 11.6 Å². The van der Waals surface area contributed by atoms with Gasteiger partial charge in [-0.25, -0.2) is 0 Å². The zero-order valence-corrected chi connectivity index (χ0v) is 19.2. The fourth-order valence-corrected chi connectivity index (χ4v) is 3.66. The van der Waals surface area contributed by atoms with Gasteiger partial charge in [0.05, 0.1) is 0 Å². The first-order chi connectivity index (χ1) is 12.8. The van der Waals surface area contributed by atoms with E-state index in [2.05, 4.69) is 34.6 Å². The van der Waals surface area contributed by atoms with Gasteiger partial charge in [0.1, 0.15) is 6.10 Å². The molecule has 160 valence electrons. The van der Waals surface area contributed by atoms with Crippen molar-refractivity contribution >= 4 is 5.78 Å². The zero-order chi connectivity index (χ0) is 20.7. The number of allylic oxidation sites excluding steroid dienone is 1. The molecule has 0 saturated heterocycles. The van der Waals surface area contributed by atoms with Crippen molar-refractivity contribution < 1.29 is 9.90 Å². The summed E-state index contributed by atoms with van der Waals surface area (Å²) in [5, 5.41) is 9.84. The van der Waals surface area contributed by atoms with Crippen LogP contribution in [0, 0.1) is 17.8 Å². The third-order valence-corrected chi connectivity index (χ3v) is 5.69. The Morgan fingerprint density at radius 3 is 1.85 bits per heavy atom. The lowest BCUT2D eigenvalue weighted by Gasteiger charge is -2.15. The van der Waals surface area contributed by atoms with E-state index in [1.165, 1.54) is 44.9 Å². The first kappa shape index (κ1) is 26.4. The first-order valence-corrected chi connectivity index (χ1v) is 11.6. The standard InChI is InChI=1S/C25H48O2/c1-7-8-18-24(26)25(27)19-23(6)17-11-16-22(5)15-10-14-21(4)13-9-12-20(2)3/h19-22,24,26H,7-18H2,1-6H3. The number of aliphatic hydroxyl groups excluding tert-OH is 1. The molecule has 0 aliphatic heterocycles. The lowest BCUT2D eigenvalue weighted by atomic mass is 9.91. The number of ketones is 1. The summed E-state index contributed by atoms with van der Waals surface area (Å²) in [6.45, 7) is 13.5.